The van der Waals surface area contributed by atoms with E-state index in [1.54, 1.807) is 11.3 Å². The standard InChI is InChI=1S/C20H23NO2S/c1-14-6-4-7-17(10-14)11-18(19-8-5-9-24-19)20(22)21-12-15(2)23-16(3)13-21/h4-11,15-16H,12-13H2,1-3H3/b18-11+. The van der Waals surface area contributed by atoms with Gasteiger partial charge in [0, 0.05) is 18.0 Å². The highest BCUT2D eigenvalue weighted by molar-refractivity contribution is 7.11. The average Bonchev–Trinajstić information content (AvgIpc) is 3.05. The van der Waals surface area contributed by atoms with E-state index in [-0.39, 0.29) is 18.1 Å². The minimum absolute atomic E-state index is 0.0706. The Morgan fingerprint density at radius 3 is 2.58 bits per heavy atom. The second-order valence-corrected chi connectivity index (χ2v) is 7.36. The maximum Gasteiger partial charge on any atom is 0.255 e. The van der Waals surface area contributed by atoms with Crippen molar-refractivity contribution in [2.45, 2.75) is 33.0 Å². The smallest absolute Gasteiger partial charge is 0.255 e. The van der Waals surface area contributed by atoms with Crippen LogP contribution in [0, 0.1) is 6.92 Å². The molecule has 0 radical (unpaired) electrons. The minimum Gasteiger partial charge on any atom is -0.372 e. The second kappa shape index (κ2) is 7.32. The highest BCUT2D eigenvalue weighted by Gasteiger charge is 2.28. The van der Waals surface area contributed by atoms with Crippen LogP contribution in [0.1, 0.15) is 29.9 Å². The molecule has 0 N–H and O–H groups in total. The summed E-state index contributed by atoms with van der Waals surface area (Å²) in [6, 6.07) is 12.2. The number of hydrogen-bond donors (Lipinski definition) is 0. The van der Waals surface area contributed by atoms with Crippen molar-refractivity contribution in [3.63, 3.8) is 0 Å². The summed E-state index contributed by atoms with van der Waals surface area (Å²) >= 11 is 1.60. The number of hydrogen-bond acceptors (Lipinski definition) is 3. The summed E-state index contributed by atoms with van der Waals surface area (Å²) in [5.74, 6) is 0.0842. The fraction of sp³-hybridized carbons (Fsp3) is 0.350. The number of nitrogens with zero attached hydrogens (tertiary/aromatic N) is 1. The zero-order valence-corrected chi connectivity index (χ0v) is 15.2. The van der Waals surface area contributed by atoms with Crippen LogP contribution < -0.4 is 0 Å². The molecule has 3 nitrogen and oxygen atoms in total. The van der Waals surface area contributed by atoms with Gasteiger partial charge in [-0.15, -0.1) is 11.3 Å². The molecule has 1 fully saturated rings. The molecule has 2 heterocycles. The van der Waals surface area contributed by atoms with Crippen molar-refractivity contribution in [2.75, 3.05) is 13.1 Å². The average molecular weight is 341 g/mol. The van der Waals surface area contributed by atoms with Gasteiger partial charge < -0.3 is 9.64 Å². The van der Waals surface area contributed by atoms with E-state index < -0.39 is 0 Å². The fourth-order valence-electron chi connectivity index (χ4n) is 3.11. The zero-order valence-electron chi connectivity index (χ0n) is 14.4. The molecule has 1 aromatic carbocycles. The summed E-state index contributed by atoms with van der Waals surface area (Å²) in [5.41, 5.74) is 3.01. The molecule has 0 bridgehead atoms. The van der Waals surface area contributed by atoms with E-state index in [0.29, 0.717) is 13.1 Å². The van der Waals surface area contributed by atoms with E-state index in [4.69, 9.17) is 4.74 Å². The molecular weight excluding hydrogens is 318 g/mol. The van der Waals surface area contributed by atoms with Crippen LogP contribution in [-0.2, 0) is 9.53 Å². The van der Waals surface area contributed by atoms with Gasteiger partial charge >= 0.3 is 0 Å². The summed E-state index contributed by atoms with van der Waals surface area (Å²) in [5, 5.41) is 2.01. The van der Waals surface area contributed by atoms with Crippen molar-refractivity contribution in [3.8, 4) is 0 Å². The molecule has 1 aliphatic rings. The number of amides is 1. The summed E-state index contributed by atoms with van der Waals surface area (Å²) in [6.45, 7) is 7.38. The summed E-state index contributed by atoms with van der Waals surface area (Å²) in [4.78, 5) is 16.1. The highest BCUT2D eigenvalue weighted by atomic mass is 32.1. The second-order valence-electron chi connectivity index (χ2n) is 6.42. The van der Waals surface area contributed by atoms with Crippen LogP contribution in [0.4, 0.5) is 0 Å². The van der Waals surface area contributed by atoms with Gasteiger partial charge in [0.25, 0.3) is 5.91 Å². The monoisotopic (exact) mass is 341 g/mol. The van der Waals surface area contributed by atoms with E-state index in [1.165, 1.54) is 5.56 Å². The first-order chi connectivity index (χ1) is 11.5. The molecule has 1 amide bonds. The van der Waals surface area contributed by atoms with E-state index in [0.717, 1.165) is 16.0 Å². The lowest BCUT2D eigenvalue weighted by Gasteiger charge is -2.35. The lowest BCUT2D eigenvalue weighted by Crippen LogP contribution is -2.48. The van der Waals surface area contributed by atoms with Gasteiger partial charge in [0.1, 0.15) is 0 Å². The molecule has 4 heteroatoms. The molecular formula is C20H23NO2S. The maximum atomic E-state index is 13.2. The number of rotatable bonds is 3. The number of aryl methyl sites for hydroxylation is 1. The zero-order chi connectivity index (χ0) is 17.1. The molecule has 2 unspecified atom stereocenters. The van der Waals surface area contributed by atoms with Crippen molar-refractivity contribution < 1.29 is 9.53 Å². The lowest BCUT2D eigenvalue weighted by molar-refractivity contribution is -0.136. The molecule has 24 heavy (non-hydrogen) atoms. The predicted octanol–water partition coefficient (Wildman–Crippen LogP) is 4.23. The third kappa shape index (κ3) is 3.94. The molecule has 2 atom stereocenters. The number of carbonyl (C=O) groups excluding carboxylic acids is 1. The lowest BCUT2D eigenvalue weighted by atomic mass is 10.1. The Labute approximate surface area is 147 Å². The van der Waals surface area contributed by atoms with Gasteiger partial charge in [-0.25, -0.2) is 0 Å². The quantitative estimate of drug-likeness (QED) is 0.782. The van der Waals surface area contributed by atoms with Crippen LogP contribution in [0.5, 0.6) is 0 Å². The molecule has 0 saturated carbocycles. The van der Waals surface area contributed by atoms with Crippen molar-refractivity contribution in [1.82, 2.24) is 4.90 Å². The SMILES string of the molecule is Cc1cccc(/C=C(/C(=O)N2CC(C)OC(C)C2)c2cccs2)c1. The van der Waals surface area contributed by atoms with Crippen molar-refractivity contribution >= 4 is 28.9 Å². The molecule has 0 spiro atoms. The van der Waals surface area contributed by atoms with E-state index in [2.05, 4.69) is 19.1 Å². The fourth-order valence-corrected chi connectivity index (χ4v) is 3.84. The van der Waals surface area contributed by atoms with Crippen LogP contribution in [0.15, 0.2) is 41.8 Å². The number of thiophene rings is 1. The van der Waals surface area contributed by atoms with Crippen molar-refractivity contribution in [1.29, 1.82) is 0 Å². The summed E-state index contributed by atoms with van der Waals surface area (Å²) < 4.78 is 5.76. The number of benzene rings is 1. The van der Waals surface area contributed by atoms with Gasteiger partial charge in [0.2, 0.25) is 0 Å². The van der Waals surface area contributed by atoms with Crippen LogP contribution in [-0.4, -0.2) is 36.1 Å². The third-order valence-corrected chi connectivity index (χ3v) is 4.98. The van der Waals surface area contributed by atoms with Gasteiger partial charge in [0.15, 0.2) is 0 Å². The Bertz CT molecular complexity index is 726. The normalized spacial score (nSPS) is 21.8. The molecule has 1 aliphatic heterocycles. The van der Waals surface area contributed by atoms with Crippen LogP contribution in [0.2, 0.25) is 0 Å². The van der Waals surface area contributed by atoms with E-state index >= 15 is 0 Å². The first-order valence-corrected chi connectivity index (χ1v) is 9.18. The van der Waals surface area contributed by atoms with Gasteiger partial charge in [-0.05, 0) is 43.9 Å². The Balaban J connectivity index is 1.95. The molecule has 1 aromatic heterocycles. The Morgan fingerprint density at radius 2 is 1.96 bits per heavy atom. The summed E-state index contributed by atoms with van der Waals surface area (Å²) in [7, 11) is 0. The van der Waals surface area contributed by atoms with Crippen LogP contribution in [0.25, 0.3) is 11.6 Å². The maximum absolute atomic E-state index is 13.2. The number of morpholine rings is 1. The Kier molecular flexibility index (Phi) is 5.17. The topological polar surface area (TPSA) is 29.5 Å². The van der Waals surface area contributed by atoms with Gasteiger partial charge in [-0.1, -0.05) is 35.9 Å². The molecule has 2 aromatic rings. The van der Waals surface area contributed by atoms with Gasteiger partial charge in [-0.3, -0.25) is 4.79 Å². The molecule has 3 rings (SSSR count). The van der Waals surface area contributed by atoms with Gasteiger partial charge in [-0.2, -0.15) is 0 Å². The highest BCUT2D eigenvalue weighted by Crippen LogP contribution is 2.26. The first-order valence-electron chi connectivity index (χ1n) is 8.30. The molecule has 0 aliphatic carbocycles. The van der Waals surface area contributed by atoms with Crippen molar-refractivity contribution in [2.24, 2.45) is 0 Å². The van der Waals surface area contributed by atoms with Crippen LogP contribution >= 0.6 is 11.3 Å². The Morgan fingerprint density at radius 1 is 1.21 bits per heavy atom. The molecule has 1 saturated heterocycles. The molecule has 126 valence electrons. The largest absolute Gasteiger partial charge is 0.372 e. The van der Waals surface area contributed by atoms with E-state index in [9.17, 15) is 4.79 Å². The number of ether oxygens (including phenoxy) is 1. The minimum atomic E-state index is 0.0706. The summed E-state index contributed by atoms with van der Waals surface area (Å²) in [6.07, 6.45) is 2.15. The van der Waals surface area contributed by atoms with Crippen LogP contribution in [0.3, 0.4) is 0 Å². The predicted molar refractivity (Wildman–Crippen MR) is 100.0 cm³/mol. The first kappa shape index (κ1) is 16.9. The number of carbonyl (C=O) groups is 1. The third-order valence-electron chi connectivity index (χ3n) is 4.08. The Hall–Kier alpha value is -1.91. The van der Waals surface area contributed by atoms with Gasteiger partial charge in [0.05, 0.1) is 17.8 Å². The van der Waals surface area contributed by atoms with Crippen molar-refractivity contribution in [3.05, 3.63) is 57.8 Å². The van der Waals surface area contributed by atoms with E-state index in [1.807, 2.05) is 54.5 Å².